The highest BCUT2D eigenvalue weighted by Gasteiger charge is 2.19. The summed E-state index contributed by atoms with van der Waals surface area (Å²) in [5, 5.41) is 32.0. The van der Waals surface area contributed by atoms with Crippen molar-refractivity contribution in [2.24, 2.45) is 5.73 Å². The summed E-state index contributed by atoms with van der Waals surface area (Å²) in [6.45, 7) is 2.63. The number of carboxylic acid groups (broad SMARTS) is 3. The molecule has 8 N–H and O–H groups in total. The van der Waals surface area contributed by atoms with Gasteiger partial charge in [0, 0.05) is 19.8 Å². The van der Waals surface area contributed by atoms with Crippen LogP contribution in [-0.2, 0) is 35.2 Å². The number of hydrogen-bond donors (Lipinski definition) is 7. The first-order valence-corrected chi connectivity index (χ1v) is 12.1. The van der Waals surface area contributed by atoms with Crippen molar-refractivity contribution in [2.75, 3.05) is 19.6 Å². The molecule has 0 aliphatic heterocycles. The third-order valence-corrected chi connectivity index (χ3v) is 4.53. The fourth-order valence-electron chi connectivity index (χ4n) is 2.65. The Kier molecular flexibility index (Phi) is 22.3. The van der Waals surface area contributed by atoms with Gasteiger partial charge in [-0.1, -0.05) is 62.9 Å². The highest BCUT2D eigenvalue weighted by Crippen LogP contribution is 2.04. The molecule has 13 nitrogen and oxygen atoms in total. The predicted molar refractivity (Wildman–Crippen MR) is 139 cm³/mol. The average Bonchev–Trinajstić information content (AvgIpc) is 2.87. The lowest BCUT2D eigenvalue weighted by Gasteiger charge is -2.13. The van der Waals surface area contributed by atoms with E-state index < -0.39 is 29.9 Å². The highest BCUT2D eigenvalue weighted by molar-refractivity contribution is 5.84. The van der Waals surface area contributed by atoms with Crippen molar-refractivity contribution < 1.29 is 44.1 Å². The number of carboxylic acids is 3. The van der Waals surface area contributed by atoms with Crippen LogP contribution >= 0.6 is 0 Å². The molecule has 1 aromatic rings. The largest absolute Gasteiger partial charge is 0.480 e. The van der Waals surface area contributed by atoms with Gasteiger partial charge in [-0.05, 0) is 12.0 Å². The Morgan fingerprint density at radius 3 is 1.82 bits per heavy atom. The second-order valence-electron chi connectivity index (χ2n) is 7.99. The fraction of sp³-hybridized carbons (Fsp3) is 0.520. The van der Waals surface area contributed by atoms with Crippen molar-refractivity contribution in [1.29, 1.82) is 0 Å². The minimum absolute atomic E-state index is 0.163. The topological polar surface area (TPSA) is 225 Å². The Hall–Kier alpha value is -4.00. The first-order valence-electron chi connectivity index (χ1n) is 12.1. The van der Waals surface area contributed by atoms with Crippen LogP contribution in [-0.4, -0.2) is 76.6 Å². The Bertz CT molecular complexity index is 850. The molecule has 0 saturated heterocycles. The lowest BCUT2D eigenvalue weighted by molar-refractivity contribution is -0.141. The zero-order valence-corrected chi connectivity index (χ0v) is 21.9. The van der Waals surface area contributed by atoms with Crippen LogP contribution in [0.3, 0.4) is 0 Å². The molecule has 0 heterocycles. The number of aliphatic carboxylic acids is 3. The van der Waals surface area contributed by atoms with Gasteiger partial charge in [0.1, 0.15) is 19.1 Å². The first kappa shape index (κ1) is 36.2. The monoisotopic (exact) mass is 540 g/mol. The van der Waals surface area contributed by atoms with Gasteiger partial charge in [-0.3, -0.25) is 24.0 Å². The van der Waals surface area contributed by atoms with E-state index >= 15 is 0 Å². The third kappa shape index (κ3) is 25.1. The molecule has 214 valence electrons. The van der Waals surface area contributed by atoms with Gasteiger partial charge in [0.2, 0.25) is 17.7 Å². The fourth-order valence-corrected chi connectivity index (χ4v) is 2.65. The number of benzene rings is 1. The number of rotatable bonds is 15. The number of nitrogens with two attached hydrogens (primary N) is 1. The van der Waals surface area contributed by atoms with Crippen LogP contribution in [0.1, 0.15) is 57.9 Å². The Labute approximate surface area is 222 Å². The molecular weight excluding hydrogens is 500 g/mol. The van der Waals surface area contributed by atoms with Crippen molar-refractivity contribution >= 4 is 35.6 Å². The van der Waals surface area contributed by atoms with Gasteiger partial charge in [0.15, 0.2) is 0 Å². The minimum atomic E-state index is -1.06. The SMILES string of the molecule is CC(=O)NCC(=O)O.CCCCCCCC(=O)NCC(=O)O.NCC(=O)N[C@@H](Cc1ccccc1)C(=O)O. The number of carbonyl (C=O) groups excluding carboxylic acids is 3. The van der Waals surface area contributed by atoms with E-state index in [2.05, 4.69) is 22.9 Å². The van der Waals surface area contributed by atoms with E-state index in [0.717, 1.165) is 24.8 Å². The van der Waals surface area contributed by atoms with Gasteiger partial charge in [-0.25, -0.2) is 4.79 Å². The predicted octanol–water partition coefficient (Wildman–Crippen LogP) is 0.512. The molecule has 38 heavy (non-hydrogen) atoms. The molecule has 0 fully saturated rings. The minimum Gasteiger partial charge on any atom is -0.480 e. The number of hydrogen-bond acceptors (Lipinski definition) is 7. The molecule has 0 bridgehead atoms. The molecule has 0 aliphatic carbocycles. The normalized spacial score (nSPS) is 10.3. The Balaban J connectivity index is 0. The van der Waals surface area contributed by atoms with E-state index in [-0.39, 0.29) is 37.9 Å². The number of carbonyl (C=O) groups is 6. The van der Waals surface area contributed by atoms with Gasteiger partial charge >= 0.3 is 17.9 Å². The summed E-state index contributed by atoms with van der Waals surface area (Å²) in [5.74, 6) is -4.05. The first-order chi connectivity index (χ1) is 17.9. The molecule has 0 radical (unpaired) electrons. The van der Waals surface area contributed by atoms with Crippen molar-refractivity contribution in [3.63, 3.8) is 0 Å². The average molecular weight is 541 g/mol. The lowest BCUT2D eigenvalue weighted by atomic mass is 10.1. The highest BCUT2D eigenvalue weighted by atomic mass is 16.4. The molecule has 0 unspecified atom stereocenters. The summed E-state index contributed by atoms with van der Waals surface area (Å²) < 4.78 is 0. The van der Waals surface area contributed by atoms with E-state index in [1.165, 1.54) is 19.8 Å². The van der Waals surface area contributed by atoms with Gasteiger partial charge in [0.25, 0.3) is 0 Å². The summed E-state index contributed by atoms with van der Waals surface area (Å²) in [5.41, 5.74) is 5.96. The summed E-state index contributed by atoms with van der Waals surface area (Å²) in [6.07, 6.45) is 6.14. The quantitative estimate of drug-likeness (QED) is 0.153. The van der Waals surface area contributed by atoms with Crippen LogP contribution in [0.15, 0.2) is 30.3 Å². The molecule has 1 aromatic carbocycles. The van der Waals surface area contributed by atoms with Crippen molar-refractivity contribution in [2.45, 2.75) is 64.8 Å². The number of nitrogens with one attached hydrogen (secondary N) is 3. The summed E-state index contributed by atoms with van der Waals surface area (Å²) in [7, 11) is 0. The molecule has 0 aliphatic rings. The standard InChI is InChI=1S/C11H14N2O3.C10H19NO3.C4H7NO3/c12-7-10(14)13-9(11(15)16)6-8-4-2-1-3-5-8;1-2-3-4-5-6-7-9(12)11-8-10(13)14;1-3(6)5-2-4(7)8/h1-5,9H,6-7,12H2,(H,13,14)(H,15,16);2-8H2,1H3,(H,11,12)(H,13,14);2H2,1H3,(H,5,6)(H,7,8)/t9-;;/m0../s1. The zero-order chi connectivity index (χ0) is 29.3. The molecule has 0 spiro atoms. The maximum Gasteiger partial charge on any atom is 0.326 e. The van der Waals surface area contributed by atoms with Crippen LogP contribution in [0.25, 0.3) is 0 Å². The molecule has 1 rings (SSSR count). The van der Waals surface area contributed by atoms with E-state index in [9.17, 15) is 28.8 Å². The third-order valence-electron chi connectivity index (χ3n) is 4.53. The van der Waals surface area contributed by atoms with Crippen molar-refractivity contribution in [3.05, 3.63) is 35.9 Å². The van der Waals surface area contributed by atoms with Crippen LogP contribution in [0, 0.1) is 0 Å². The number of amides is 3. The Morgan fingerprint density at radius 2 is 1.37 bits per heavy atom. The molecule has 0 saturated carbocycles. The molecule has 3 amide bonds. The van der Waals surface area contributed by atoms with Crippen LogP contribution in [0.5, 0.6) is 0 Å². The van der Waals surface area contributed by atoms with Gasteiger partial charge in [-0.2, -0.15) is 0 Å². The maximum atomic E-state index is 11.0. The second-order valence-corrected chi connectivity index (χ2v) is 7.99. The molecule has 13 heteroatoms. The molecule has 1 atom stereocenters. The van der Waals surface area contributed by atoms with Crippen LogP contribution in [0.4, 0.5) is 0 Å². The van der Waals surface area contributed by atoms with Crippen LogP contribution < -0.4 is 21.7 Å². The van der Waals surface area contributed by atoms with E-state index in [0.29, 0.717) is 6.42 Å². The molecule has 0 aromatic heterocycles. The summed E-state index contributed by atoms with van der Waals surface area (Å²) >= 11 is 0. The van der Waals surface area contributed by atoms with E-state index in [4.69, 9.17) is 21.1 Å². The van der Waals surface area contributed by atoms with E-state index in [1.807, 2.05) is 30.3 Å². The van der Waals surface area contributed by atoms with Gasteiger partial charge < -0.3 is 37.0 Å². The lowest BCUT2D eigenvalue weighted by Crippen LogP contribution is -2.44. The molecular formula is C25H40N4O9. The van der Waals surface area contributed by atoms with Gasteiger partial charge in [0.05, 0.1) is 6.54 Å². The zero-order valence-electron chi connectivity index (χ0n) is 21.9. The second kappa shape index (κ2) is 23.4. The van der Waals surface area contributed by atoms with Crippen LogP contribution in [0.2, 0.25) is 0 Å². The number of unbranched alkanes of at least 4 members (excludes halogenated alkanes) is 4. The summed E-state index contributed by atoms with van der Waals surface area (Å²) in [6, 6.07) is 8.17. The van der Waals surface area contributed by atoms with Crippen molar-refractivity contribution in [3.8, 4) is 0 Å². The maximum absolute atomic E-state index is 11.0. The van der Waals surface area contributed by atoms with E-state index in [1.54, 1.807) is 0 Å². The smallest absolute Gasteiger partial charge is 0.326 e. The van der Waals surface area contributed by atoms with Crippen molar-refractivity contribution in [1.82, 2.24) is 16.0 Å². The Morgan fingerprint density at radius 1 is 0.816 bits per heavy atom. The van der Waals surface area contributed by atoms with Gasteiger partial charge in [-0.15, -0.1) is 0 Å². The summed E-state index contributed by atoms with van der Waals surface area (Å²) in [4.78, 5) is 62.7.